The number of anilines is 1. The zero-order valence-corrected chi connectivity index (χ0v) is 15.0. The molecule has 1 aliphatic rings. The van der Waals surface area contributed by atoms with E-state index in [1.807, 2.05) is 47.8 Å². The van der Waals surface area contributed by atoms with Gasteiger partial charge in [0.15, 0.2) is 0 Å². The van der Waals surface area contributed by atoms with Crippen molar-refractivity contribution in [3.8, 4) is 0 Å². The summed E-state index contributed by atoms with van der Waals surface area (Å²) in [6, 6.07) is 13.3. The number of nitrogens with one attached hydrogen (secondary N) is 1. The highest BCUT2D eigenvalue weighted by atomic mass is 32.1. The van der Waals surface area contributed by atoms with E-state index in [1.54, 1.807) is 11.1 Å². The van der Waals surface area contributed by atoms with Gasteiger partial charge < -0.3 is 10.2 Å². The Morgan fingerprint density at radius 3 is 2.88 bits per heavy atom. The van der Waals surface area contributed by atoms with Crippen LogP contribution in [0, 0.1) is 5.92 Å². The van der Waals surface area contributed by atoms with Gasteiger partial charge >= 0.3 is 0 Å². The number of aromatic nitrogens is 1. The summed E-state index contributed by atoms with van der Waals surface area (Å²) in [6.45, 7) is 1.16. The Morgan fingerprint density at radius 1 is 1.15 bits per heavy atom. The van der Waals surface area contributed by atoms with Crippen molar-refractivity contribution < 1.29 is 9.59 Å². The fraction of sp³-hybridized carbons (Fsp3) is 0.250. The Kier molecular flexibility index (Phi) is 4.67. The third-order valence-corrected chi connectivity index (χ3v) is 5.56. The predicted molar refractivity (Wildman–Crippen MR) is 103 cm³/mol. The second kappa shape index (κ2) is 7.25. The van der Waals surface area contributed by atoms with Crippen LogP contribution < -0.4 is 5.32 Å². The minimum Gasteiger partial charge on any atom is -0.337 e. The van der Waals surface area contributed by atoms with Gasteiger partial charge in [0.05, 0.1) is 22.0 Å². The number of benzene rings is 1. The molecule has 0 aliphatic carbocycles. The fourth-order valence-corrected chi connectivity index (χ4v) is 4.06. The summed E-state index contributed by atoms with van der Waals surface area (Å²) in [6.07, 6.45) is 3.35. The Morgan fingerprint density at radius 2 is 2.04 bits per heavy atom. The van der Waals surface area contributed by atoms with Gasteiger partial charge in [0, 0.05) is 24.7 Å². The maximum absolute atomic E-state index is 12.8. The van der Waals surface area contributed by atoms with Gasteiger partial charge in [0.1, 0.15) is 0 Å². The number of carbonyl (C=O) groups is 2. The monoisotopic (exact) mass is 365 g/mol. The summed E-state index contributed by atoms with van der Waals surface area (Å²) >= 11 is 1.44. The van der Waals surface area contributed by atoms with Crippen LogP contribution in [-0.4, -0.2) is 34.8 Å². The normalized spacial score (nSPS) is 17.2. The van der Waals surface area contributed by atoms with Crippen LogP contribution in [0.25, 0.3) is 10.9 Å². The topological polar surface area (TPSA) is 62.3 Å². The van der Waals surface area contributed by atoms with Crippen LogP contribution in [0.15, 0.2) is 54.0 Å². The lowest BCUT2D eigenvalue weighted by Gasteiger charge is -2.31. The molecule has 0 bridgehead atoms. The first-order valence-corrected chi connectivity index (χ1v) is 9.58. The second-order valence-corrected chi connectivity index (χ2v) is 7.39. The number of para-hydroxylation sites is 1. The molecule has 3 aromatic rings. The van der Waals surface area contributed by atoms with E-state index < -0.39 is 0 Å². The molecule has 3 heterocycles. The number of amides is 2. The van der Waals surface area contributed by atoms with Gasteiger partial charge in [-0.1, -0.05) is 24.3 Å². The van der Waals surface area contributed by atoms with E-state index in [-0.39, 0.29) is 17.7 Å². The summed E-state index contributed by atoms with van der Waals surface area (Å²) in [5, 5.41) is 5.90. The molecule has 1 fully saturated rings. The molecular weight excluding hydrogens is 346 g/mol. The van der Waals surface area contributed by atoms with Gasteiger partial charge in [0.25, 0.3) is 5.91 Å². The number of carbonyl (C=O) groups excluding carboxylic acids is 2. The summed E-state index contributed by atoms with van der Waals surface area (Å²) in [5.74, 6) is -0.234. The van der Waals surface area contributed by atoms with Crippen molar-refractivity contribution in [1.29, 1.82) is 0 Å². The molecule has 5 nitrogen and oxygen atoms in total. The highest BCUT2D eigenvalue weighted by Gasteiger charge is 2.29. The minimum atomic E-state index is -0.202. The van der Waals surface area contributed by atoms with Gasteiger partial charge in [-0.2, -0.15) is 0 Å². The lowest BCUT2D eigenvalue weighted by Crippen LogP contribution is -2.43. The molecule has 1 saturated heterocycles. The van der Waals surface area contributed by atoms with Crippen molar-refractivity contribution in [3.63, 3.8) is 0 Å². The number of nitrogens with zero attached hydrogens (tertiary/aromatic N) is 2. The largest absolute Gasteiger partial charge is 0.337 e. The highest BCUT2D eigenvalue weighted by molar-refractivity contribution is 7.12. The maximum atomic E-state index is 12.8. The molecule has 1 aromatic carbocycles. The molecule has 2 amide bonds. The summed E-state index contributed by atoms with van der Waals surface area (Å²) in [5.41, 5.74) is 1.50. The van der Waals surface area contributed by atoms with Crippen LogP contribution in [0.2, 0.25) is 0 Å². The highest BCUT2D eigenvalue weighted by Crippen LogP contribution is 2.24. The molecule has 1 N–H and O–H groups in total. The van der Waals surface area contributed by atoms with Crippen LogP contribution in [0.3, 0.4) is 0 Å². The molecule has 0 spiro atoms. The molecule has 0 radical (unpaired) electrons. The van der Waals surface area contributed by atoms with Crippen LogP contribution in [-0.2, 0) is 4.79 Å². The van der Waals surface area contributed by atoms with Crippen molar-refractivity contribution in [1.82, 2.24) is 9.88 Å². The lowest BCUT2D eigenvalue weighted by atomic mass is 9.96. The fourth-order valence-electron chi connectivity index (χ4n) is 3.37. The second-order valence-electron chi connectivity index (χ2n) is 6.44. The number of piperidine rings is 1. The Hall–Kier alpha value is -2.73. The number of thiophene rings is 1. The van der Waals surface area contributed by atoms with Gasteiger partial charge in [-0.05, 0) is 36.4 Å². The predicted octanol–water partition coefficient (Wildman–Crippen LogP) is 3.79. The molecule has 4 rings (SSSR count). The first-order valence-electron chi connectivity index (χ1n) is 8.70. The van der Waals surface area contributed by atoms with E-state index in [9.17, 15) is 9.59 Å². The maximum Gasteiger partial charge on any atom is 0.263 e. The van der Waals surface area contributed by atoms with E-state index in [4.69, 9.17) is 0 Å². The average molecular weight is 365 g/mol. The van der Waals surface area contributed by atoms with E-state index in [2.05, 4.69) is 10.3 Å². The van der Waals surface area contributed by atoms with Crippen LogP contribution in [0.1, 0.15) is 22.5 Å². The summed E-state index contributed by atoms with van der Waals surface area (Å²) < 4.78 is 0. The van der Waals surface area contributed by atoms with Gasteiger partial charge in [0.2, 0.25) is 5.91 Å². The standard InChI is InChI=1S/C20H19N3O2S/c24-19(22-16-8-1-5-14-6-2-10-21-18(14)16)15-7-3-11-23(13-15)20(25)17-9-4-12-26-17/h1-2,4-6,8-10,12,15H,3,7,11,13H2,(H,22,24). The van der Waals surface area contributed by atoms with Crippen molar-refractivity contribution in [2.45, 2.75) is 12.8 Å². The molecule has 132 valence electrons. The average Bonchev–Trinajstić information content (AvgIpc) is 3.22. The zero-order chi connectivity index (χ0) is 17.9. The number of likely N-dealkylation sites (tertiary alicyclic amines) is 1. The number of fused-ring (bicyclic) bond motifs is 1. The van der Waals surface area contributed by atoms with E-state index >= 15 is 0 Å². The molecule has 1 aliphatic heterocycles. The zero-order valence-electron chi connectivity index (χ0n) is 14.2. The summed E-state index contributed by atoms with van der Waals surface area (Å²) in [7, 11) is 0. The number of hydrogen-bond acceptors (Lipinski definition) is 4. The number of hydrogen-bond donors (Lipinski definition) is 1. The number of pyridine rings is 1. The van der Waals surface area contributed by atoms with Crippen LogP contribution in [0.4, 0.5) is 5.69 Å². The molecule has 1 atom stereocenters. The van der Waals surface area contributed by atoms with Gasteiger partial charge in [-0.25, -0.2) is 0 Å². The Bertz CT molecular complexity index is 934. The number of rotatable bonds is 3. The molecule has 2 aromatic heterocycles. The summed E-state index contributed by atoms with van der Waals surface area (Å²) in [4.78, 5) is 32.2. The van der Waals surface area contributed by atoms with Crippen LogP contribution >= 0.6 is 11.3 Å². The van der Waals surface area contributed by atoms with Gasteiger partial charge in [-0.15, -0.1) is 11.3 Å². The SMILES string of the molecule is O=C(Nc1cccc2cccnc12)C1CCCN(C(=O)c2cccs2)C1. The molecule has 0 saturated carbocycles. The molecule has 1 unspecified atom stereocenters. The molecule has 6 heteroatoms. The van der Waals surface area contributed by atoms with E-state index in [0.717, 1.165) is 34.3 Å². The molecular formula is C20H19N3O2S. The van der Waals surface area contributed by atoms with Crippen molar-refractivity contribution in [3.05, 3.63) is 58.9 Å². The smallest absolute Gasteiger partial charge is 0.263 e. The first kappa shape index (κ1) is 16.7. The molecule has 26 heavy (non-hydrogen) atoms. The van der Waals surface area contributed by atoms with E-state index in [1.165, 1.54) is 11.3 Å². The quantitative estimate of drug-likeness (QED) is 0.768. The third kappa shape index (κ3) is 3.32. The lowest BCUT2D eigenvalue weighted by molar-refractivity contribution is -0.121. The van der Waals surface area contributed by atoms with Crippen LogP contribution in [0.5, 0.6) is 0 Å². The minimum absolute atomic E-state index is 0.0179. The van der Waals surface area contributed by atoms with Crippen molar-refractivity contribution in [2.75, 3.05) is 18.4 Å². The van der Waals surface area contributed by atoms with E-state index in [0.29, 0.717) is 13.1 Å². The Labute approximate surface area is 155 Å². The van der Waals surface area contributed by atoms with Gasteiger partial charge in [-0.3, -0.25) is 14.6 Å². The van der Waals surface area contributed by atoms with Crippen molar-refractivity contribution >= 4 is 39.7 Å². The van der Waals surface area contributed by atoms with Crippen molar-refractivity contribution in [2.24, 2.45) is 5.92 Å². The third-order valence-electron chi connectivity index (χ3n) is 4.70. The first-order chi connectivity index (χ1) is 12.7. The Balaban J connectivity index is 1.48.